The summed E-state index contributed by atoms with van der Waals surface area (Å²) in [6, 6.07) is 6.26. The summed E-state index contributed by atoms with van der Waals surface area (Å²) in [7, 11) is 0. The van der Waals surface area contributed by atoms with E-state index in [4.69, 9.17) is 0 Å². The predicted molar refractivity (Wildman–Crippen MR) is 115 cm³/mol. The van der Waals surface area contributed by atoms with Crippen molar-refractivity contribution in [2.75, 3.05) is 25.0 Å². The van der Waals surface area contributed by atoms with Gasteiger partial charge in [-0.2, -0.15) is 0 Å². The van der Waals surface area contributed by atoms with Gasteiger partial charge in [0.1, 0.15) is 6.04 Å². The molecule has 2 N–H and O–H groups in total. The summed E-state index contributed by atoms with van der Waals surface area (Å²) < 4.78 is 0.771. The van der Waals surface area contributed by atoms with Gasteiger partial charge < -0.3 is 20.4 Å². The van der Waals surface area contributed by atoms with E-state index in [2.05, 4.69) is 26.6 Å². The van der Waals surface area contributed by atoms with Gasteiger partial charge in [-0.25, -0.2) is 4.79 Å². The summed E-state index contributed by atoms with van der Waals surface area (Å²) in [5.41, 5.74) is 0.640. The lowest BCUT2D eigenvalue weighted by Gasteiger charge is -2.41. The molecule has 29 heavy (non-hydrogen) atoms. The minimum absolute atomic E-state index is 0.0114. The zero-order valence-electron chi connectivity index (χ0n) is 17.2. The number of rotatable bonds is 5. The molecule has 1 aliphatic heterocycles. The SMILES string of the molecule is CC(C)C(NC(=O)Nc1ccccc1Br)C(=O)N1CCN(C(=O)C2CC2)C(C)C1. The molecule has 2 aliphatic rings. The molecular weight excluding hydrogens is 436 g/mol. The average Bonchev–Trinajstić information content (AvgIpc) is 3.52. The van der Waals surface area contributed by atoms with E-state index >= 15 is 0 Å². The molecule has 1 saturated heterocycles. The molecule has 158 valence electrons. The van der Waals surface area contributed by atoms with Crippen LogP contribution in [-0.4, -0.2) is 59.4 Å². The molecule has 1 heterocycles. The fraction of sp³-hybridized carbons (Fsp3) is 0.571. The minimum Gasteiger partial charge on any atom is -0.337 e. The molecular formula is C21H29BrN4O3. The van der Waals surface area contributed by atoms with Crippen LogP contribution < -0.4 is 10.6 Å². The van der Waals surface area contributed by atoms with Crippen LogP contribution in [0, 0.1) is 11.8 Å². The van der Waals surface area contributed by atoms with E-state index in [1.54, 1.807) is 11.0 Å². The molecule has 0 radical (unpaired) electrons. The first-order valence-electron chi connectivity index (χ1n) is 10.2. The van der Waals surface area contributed by atoms with Crippen LogP contribution in [0.25, 0.3) is 0 Å². The maximum atomic E-state index is 13.1. The third kappa shape index (κ3) is 5.29. The maximum absolute atomic E-state index is 13.1. The number of nitrogens with one attached hydrogen (secondary N) is 2. The van der Waals surface area contributed by atoms with E-state index in [0.717, 1.165) is 17.3 Å². The molecule has 1 aliphatic carbocycles. The Morgan fingerprint density at radius 3 is 2.41 bits per heavy atom. The first kappa shape index (κ1) is 21.6. The average molecular weight is 465 g/mol. The van der Waals surface area contributed by atoms with Gasteiger partial charge in [0.25, 0.3) is 0 Å². The van der Waals surface area contributed by atoms with Crippen molar-refractivity contribution in [1.82, 2.24) is 15.1 Å². The highest BCUT2D eigenvalue weighted by molar-refractivity contribution is 9.10. The van der Waals surface area contributed by atoms with Crippen molar-refractivity contribution in [2.45, 2.75) is 45.7 Å². The molecule has 0 bridgehead atoms. The Hall–Kier alpha value is -2.09. The van der Waals surface area contributed by atoms with Gasteiger partial charge in [-0.1, -0.05) is 26.0 Å². The van der Waals surface area contributed by atoms with E-state index < -0.39 is 12.1 Å². The summed E-state index contributed by atoms with van der Waals surface area (Å²) in [4.78, 5) is 41.7. The molecule has 2 atom stereocenters. The fourth-order valence-corrected chi connectivity index (χ4v) is 4.01. The van der Waals surface area contributed by atoms with Crippen molar-refractivity contribution in [3.05, 3.63) is 28.7 Å². The third-order valence-electron chi connectivity index (χ3n) is 5.49. The van der Waals surface area contributed by atoms with Crippen LogP contribution in [0.5, 0.6) is 0 Å². The van der Waals surface area contributed by atoms with Gasteiger partial charge >= 0.3 is 6.03 Å². The van der Waals surface area contributed by atoms with E-state index in [1.165, 1.54) is 0 Å². The fourth-order valence-electron chi connectivity index (χ4n) is 3.62. The van der Waals surface area contributed by atoms with Crippen LogP contribution in [0.15, 0.2) is 28.7 Å². The van der Waals surface area contributed by atoms with Crippen LogP contribution in [0.2, 0.25) is 0 Å². The molecule has 8 heteroatoms. The summed E-state index contributed by atoms with van der Waals surface area (Å²) in [6.45, 7) is 7.36. The first-order chi connectivity index (χ1) is 13.8. The number of benzene rings is 1. The Morgan fingerprint density at radius 1 is 1.14 bits per heavy atom. The number of nitrogens with zero attached hydrogens (tertiary/aromatic N) is 2. The van der Waals surface area contributed by atoms with Crippen LogP contribution >= 0.6 is 15.9 Å². The lowest BCUT2D eigenvalue weighted by Crippen LogP contribution is -2.60. The van der Waals surface area contributed by atoms with Crippen molar-refractivity contribution in [1.29, 1.82) is 0 Å². The van der Waals surface area contributed by atoms with Crippen LogP contribution in [-0.2, 0) is 9.59 Å². The largest absolute Gasteiger partial charge is 0.337 e. The Bertz CT molecular complexity index is 781. The Balaban J connectivity index is 1.60. The number of hydrogen-bond donors (Lipinski definition) is 2. The number of piperazine rings is 1. The molecule has 1 aromatic carbocycles. The second-order valence-corrected chi connectivity index (χ2v) is 9.09. The summed E-state index contributed by atoms with van der Waals surface area (Å²) >= 11 is 3.40. The van der Waals surface area contributed by atoms with Crippen molar-refractivity contribution in [2.24, 2.45) is 11.8 Å². The molecule has 1 saturated carbocycles. The second-order valence-electron chi connectivity index (χ2n) is 8.24. The molecule has 3 rings (SSSR count). The zero-order valence-corrected chi connectivity index (χ0v) is 18.7. The number of halogens is 1. The molecule has 7 nitrogen and oxygen atoms in total. The lowest BCUT2D eigenvalue weighted by molar-refractivity contribution is -0.144. The molecule has 0 aromatic heterocycles. The summed E-state index contributed by atoms with van der Waals surface area (Å²) in [5.74, 6) is 0.239. The van der Waals surface area contributed by atoms with Crippen molar-refractivity contribution >= 4 is 39.5 Å². The summed E-state index contributed by atoms with van der Waals surface area (Å²) in [6.07, 6.45) is 1.97. The van der Waals surface area contributed by atoms with Crippen molar-refractivity contribution < 1.29 is 14.4 Å². The van der Waals surface area contributed by atoms with E-state index in [1.807, 2.05) is 43.9 Å². The Morgan fingerprint density at radius 2 is 1.83 bits per heavy atom. The topological polar surface area (TPSA) is 81.8 Å². The van der Waals surface area contributed by atoms with Gasteiger partial charge in [0, 0.05) is 36.1 Å². The number of urea groups is 1. The van der Waals surface area contributed by atoms with Crippen LogP contribution in [0.3, 0.4) is 0 Å². The molecule has 4 amide bonds. The normalized spacial score (nSPS) is 20.4. The smallest absolute Gasteiger partial charge is 0.319 e. The number of para-hydroxylation sites is 1. The van der Waals surface area contributed by atoms with Gasteiger partial charge in [-0.05, 0) is 53.7 Å². The number of carbonyl (C=O) groups is 3. The van der Waals surface area contributed by atoms with Gasteiger partial charge in [0.15, 0.2) is 0 Å². The highest BCUT2D eigenvalue weighted by Gasteiger charge is 2.39. The monoisotopic (exact) mass is 464 g/mol. The van der Waals surface area contributed by atoms with Crippen LogP contribution in [0.4, 0.5) is 10.5 Å². The zero-order chi connectivity index (χ0) is 21.1. The highest BCUT2D eigenvalue weighted by Crippen LogP contribution is 2.32. The minimum atomic E-state index is -0.629. The Kier molecular flexibility index (Phi) is 6.82. The predicted octanol–water partition coefficient (Wildman–Crippen LogP) is 3.06. The molecule has 0 spiro atoms. The van der Waals surface area contributed by atoms with Gasteiger partial charge in [-0.15, -0.1) is 0 Å². The van der Waals surface area contributed by atoms with E-state index in [0.29, 0.717) is 25.3 Å². The maximum Gasteiger partial charge on any atom is 0.319 e. The molecule has 1 aromatic rings. The second kappa shape index (κ2) is 9.15. The third-order valence-corrected chi connectivity index (χ3v) is 6.18. The van der Waals surface area contributed by atoms with Gasteiger partial charge in [-0.3, -0.25) is 9.59 Å². The molecule has 2 fully saturated rings. The van der Waals surface area contributed by atoms with Gasteiger partial charge in [0.05, 0.1) is 5.69 Å². The highest BCUT2D eigenvalue weighted by atomic mass is 79.9. The Labute approximate surface area is 180 Å². The van der Waals surface area contributed by atoms with Crippen molar-refractivity contribution in [3.8, 4) is 0 Å². The quantitative estimate of drug-likeness (QED) is 0.702. The first-order valence-corrected chi connectivity index (χ1v) is 11.0. The number of carbonyl (C=O) groups excluding carboxylic acids is 3. The number of hydrogen-bond acceptors (Lipinski definition) is 3. The lowest BCUT2D eigenvalue weighted by atomic mass is 10.0. The summed E-state index contributed by atoms with van der Waals surface area (Å²) in [5, 5.41) is 5.61. The van der Waals surface area contributed by atoms with Crippen molar-refractivity contribution in [3.63, 3.8) is 0 Å². The molecule has 2 unspecified atom stereocenters. The number of amides is 4. The number of anilines is 1. The van der Waals surface area contributed by atoms with Crippen LogP contribution in [0.1, 0.15) is 33.6 Å². The van der Waals surface area contributed by atoms with E-state index in [9.17, 15) is 14.4 Å². The van der Waals surface area contributed by atoms with E-state index in [-0.39, 0.29) is 29.7 Å². The van der Waals surface area contributed by atoms with Gasteiger partial charge in [0.2, 0.25) is 11.8 Å². The standard InChI is InChI=1S/C21H29BrN4O3/c1-13(2)18(24-21(29)23-17-7-5-4-6-16(17)22)20(28)25-10-11-26(14(3)12-25)19(27)15-8-9-15/h4-7,13-15,18H,8-12H2,1-3H3,(H2,23,24,29).